The molecule has 0 aliphatic carbocycles. The third-order valence-electron chi connectivity index (χ3n) is 9.45. The van der Waals surface area contributed by atoms with E-state index < -0.39 is 26.5 Å². The van der Waals surface area contributed by atoms with Gasteiger partial charge in [0.25, 0.3) is 0 Å². The Hall–Kier alpha value is -1.77. The Morgan fingerprint density at radius 3 is 1.49 bits per heavy atom. The Morgan fingerprint density at radius 2 is 0.982 bits per heavy atom. The highest BCUT2D eigenvalue weighted by Crippen LogP contribution is 2.43. The first-order chi connectivity index (χ1) is 26.7. The lowest BCUT2D eigenvalue weighted by Gasteiger charge is -2.20. The minimum atomic E-state index is -4.36. The molecule has 55 heavy (non-hydrogen) atoms. The Morgan fingerprint density at radius 1 is 0.564 bits per heavy atom. The molecule has 0 fully saturated rings. The molecule has 0 saturated carbocycles. The summed E-state index contributed by atoms with van der Waals surface area (Å²) in [4.78, 5) is 37.0. The van der Waals surface area contributed by atoms with Crippen molar-refractivity contribution in [1.82, 2.24) is 4.90 Å². The average molecular weight is 798 g/mol. The number of hydrogen-bond donors (Lipinski definition) is 1. The van der Waals surface area contributed by atoms with E-state index in [2.05, 4.69) is 50.3 Å². The molecular weight excluding hydrogens is 713 g/mol. The van der Waals surface area contributed by atoms with E-state index in [0.717, 1.165) is 51.4 Å². The number of rotatable bonds is 41. The fourth-order valence-electron chi connectivity index (χ4n) is 5.99. The average Bonchev–Trinajstić information content (AvgIpc) is 3.15. The van der Waals surface area contributed by atoms with Crippen molar-refractivity contribution in [3.8, 4) is 0 Å². The third-order valence-corrected chi connectivity index (χ3v) is 10.4. The van der Waals surface area contributed by atoms with Gasteiger partial charge in [0.15, 0.2) is 6.10 Å². The Balaban J connectivity index is 4.31. The van der Waals surface area contributed by atoms with E-state index in [9.17, 15) is 19.0 Å². The first-order valence-corrected chi connectivity index (χ1v) is 23.8. The van der Waals surface area contributed by atoms with E-state index in [-0.39, 0.29) is 32.0 Å². The molecule has 0 aromatic heterocycles. The first-order valence-electron chi connectivity index (χ1n) is 22.3. The van der Waals surface area contributed by atoms with Crippen molar-refractivity contribution >= 4 is 19.8 Å². The predicted molar refractivity (Wildman–Crippen MR) is 229 cm³/mol. The van der Waals surface area contributed by atoms with E-state index in [0.29, 0.717) is 19.4 Å². The van der Waals surface area contributed by atoms with Gasteiger partial charge in [-0.15, -0.1) is 0 Å². The van der Waals surface area contributed by atoms with Gasteiger partial charge >= 0.3 is 19.8 Å². The van der Waals surface area contributed by atoms with E-state index in [4.69, 9.17) is 18.5 Å². The summed E-state index contributed by atoms with van der Waals surface area (Å²) in [5, 5.41) is 0. The lowest BCUT2D eigenvalue weighted by molar-refractivity contribution is -0.161. The van der Waals surface area contributed by atoms with Crippen molar-refractivity contribution in [2.75, 3.05) is 40.5 Å². The number of hydrogen-bond acceptors (Lipinski definition) is 8. The van der Waals surface area contributed by atoms with Crippen LogP contribution in [0.5, 0.6) is 0 Å². The van der Waals surface area contributed by atoms with Crippen molar-refractivity contribution in [3.05, 3.63) is 36.5 Å². The van der Waals surface area contributed by atoms with Gasteiger partial charge in [0.05, 0.1) is 13.2 Å². The summed E-state index contributed by atoms with van der Waals surface area (Å²) in [7, 11) is -0.719. The van der Waals surface area contributed by atoms with Crippen molar-refractivity contribution in [2.45, 2.75) is 200 Å². The van der Waals surface area contributed by atoms with Crippen LogP contribution in [-0.4, -0.2) is 68.3 Å². The van der Waals surface area contributed by atoms with Gasteiger partial charge < -0.3 is 19.3 Å². The van der Waals surface area contributed by atoms with Crippen LogP contribution in [0.2, 0.25) is 0 Å². The summed E-state index contributed by atoms with van der Waals surface area (Å²) in [6, 6.07) is 0. The lowest BCUT2D eigenvalue weighted by atomic mass is 10.0. The molecule has 9 nitrogen and oxygen atoms in total. The molecule has 0 saturated heterocycles. The van der Waals surface area contributed by atoms with Crippen molar-refractivity contribution in [2.24, 2.45) is 0 Å². The van der Waals surface area contributed by atoms with Crippen LogP contribution in [-0.2, 0) is 32.7 Å². The zero-order valence-electron chi connectivity index (χ0n) is 35.9. The zero-order chi connectivity index (χ0) is 40.5. The molecule has 0 aromatic carbocycles. The van der Waals surface area contributed by atoms with Gasteiger partial charge in [-0.3, -0.25) is 18.6 Å². The summed E-state index contributed by atoms with van der Waals surface area (Å²) in [6.07, 6.45) is 43.2. The number of carbonyl (C=O) groups is 2. The number of unbranched alkanes of at least 4 members (excludes halogenated alkanes) is 21. The molecule has 322 valence electrons. The normalized spacial score (nSPS) is 13.7. The SMILES string of the molecule is CCCCC/C=C\C/C=C\C/C=C\CCCCCCC(=O)OCC(COP(=O)(O)OCCN(C)C)OC(=O)CCCCCCCCCCCCCCCCC. The van der Waals surface area contributed by atoms with E-state index in [1.165, 1.54) is 103 Å². The highest BCUT2D eigenvalue weighted by molar-refractivity contribution is 7.47. The highest BCUT2D eigenvalue weighted by atomic mass is 31.2. The van der Waals surface area contributed by atoms with Gasteiger partial charge in [0.2, 0.25) is 0 Å². The van der Waals surface area contributed by atoms with E-state index in [1.807, 2.05) is 19.0 Å². The van der Waals surface area contributed by atoms with Crippen LogP contribution in [0.1, 0.15) is 194 Å². The molecule has 0 aromatic rings. The molecule has 1 N–H and O–H groups in total. The second-order valence-corrected chi connectivity index (χ2v) is 16.7. The van der Waals surface area contributed by atoms with Gasteiger partial charge in [0, 0.05) is 19.4 Å². The maximum Gasteiger partial charge on any atom is 0.472 e. The van der Waals surface area contributed by atoms with Crippen LogP contribution in [0.4, 0.5) is 0 Å². The fraction of sp³-hybridized carbons (Fsp3) is 0.822. The number of esters is 2. The topological polar surface area (TPSA) is 112 Å². The van der Waals surface area contributed by atoms with Crippen LogP contribution < -0.4 is 0 Å². The monoisotopic (exact) mass is 798 g/mol. The van der Waals surface area contributed by atoms with Crippen LogP contribution in [0.25, 0.3) is 0 Å². The van der Waals surface area contributed by atoms with Crippen molar-refractivity contribution in [3.63, 3.8) is 0 Å². The number of allylic oxidation sites excluding steroid dienone is 6. The van der Waals surface area contributed by atoms with Crippen molar-refractivity contribution in [1.29, 1.82) is 0 Å². The lowest BCUT2D eigenvalue weighted by Crippen LogP contribution is -2.29. The van der Waals surface area contributed by atoms with Crippen molar-refractivity contribution < 1.29 is 37.6 Å². The fourth-order valence-corrected chi connectivity index (χ4v) is 6.73. The van der Waals surface area contributed by atoms with Crippen LogP contribution in [0, 0.1) is 0 Å². The second kappa shape index (κ2) is 40.4. The summed E-state index contributed by atoms with van der Waals surface area (Å²) in [6.45, 7) is 4.28. The van der Waals surface area contributed by atoms with E-state index >= 15 is 0 Å². The molecule has 10 heteroatoms. The molecule has 0 bridgehead atoms. The summed E-state index contributed by atoms with van der Waals surface area (Å²) in [5.41, 5.74) is 0. The quantitative estimate of drug-likeness (QED) is 0.0280. The maximum atomic E-state index is 12.7. The Bertz CT molecular complexity index is 1010. The largest absolute Gasteiger partial charge is 0.472 e. The molecule has 0 aliphatic heterocycles. The number of likely N-dealkylation sites (N-methyl/N-ethyl adjacent to an activating group) is 1. The van der Waals surface area contributed by atoms with Crippen LogP contribution >= 0.6 is 7.82 Å². The van der Waals surface area contributed by atoms with Gasteiger partial charge in [-0.05, 0) is 65.5 Å². The standard InChI is InChI=1S/C45H84NO8P/c1-5-7-9-11-13-15-17-19-21-22-24-25-27-29-31-33-35-37-44(47)51-41-43(42-53-55(49,50)52-40-39-46(3)4)54-45(48)38-36-34-32-30-28-26-23-20-18-16-14-12-10-8-6-2/h13,15,19,21,24-25,43H,5-12,14,16-18,20,22-23,26-42H2,1-4H3,(H,49,50)/b15-13-,21-19-,25-24-. The smallest absolute Gasteiger partial charge is 0.462 e. The Labute approximate surface area is 338 Å². The molecular formula is C45H84NO8P. The van der Waals surface area contributed by atoms with Crippen LogP contribution in [0.3, 0.4) is 0 Å². The summed E-state index contributed by atoms with van der Waals surface area (Å²) < 4.78 is 33.5. The highest BCUT2D eigenvalue weighted by Gasteiger charge is 2.26. The molecule has 0 amide bonds. The number of nitrogens with zero attached hydrogens (tertiary/aromatic N) is 1. The maximum absolute atomic E-state index is 12.7. The summed E-state index contributed by atoms with van der Waals surface area (Å²) in [5.74, 6) is -0.823. The third kappa shape index (κ3) is 41.7. The van der Waals surface area contributed by atoms with Gasteiger partial charge in [-0.2, -0.15) is 0 Å². The molecule has 2 unspecified atom stereocenters. The van der Waals surface area contributed by atoms with E-state index in [1.54, 1.807) is 0 Å². The molecule has 0 heterocycles. The summed E-state index contributed by atoms with van der Waals surface area (Å²) >= 11 is 0. The molecule has 0 rings (SSSR count). The van der Waals surface area contributed by atoms with Gasteiger partial charge in [0.1, 0.15) is 6.61 Å². The molecule has 0 radical (unpaired) electrons. The second-order valence-electron chi connectivity index (χ2n) is 15.2. The number of ether oxygens (including phenoxy) is 2. The molecule has 0 aliphatic rings. The number of carbonyl (C=O) groups excluding carboxylic acids is 2. The predicted octanol–water partition coefficient (Wildman–Crippen LogP) is 12.8. The number of phosphoric ester groups is 1. The number of phosphoric acid groups is 1. The minimum absolute atomic E-state index is 0.00437. The molecule has 2 atom stereocenters. The van der Waals surface area contributed by atoms with Crippen LogP contribution in [0.15, 0.2) is 36.5 Å². The first kappa shape index (κ1) is 53.2. The molecule has 0 spiro atoms. The van der Waals surface area contributed by atoms with Gasteiger partial charge in [-0.25, -0.2) is 4.57 Å². The Kier molecular flexibility index (Phi) is 39.1. The minimum Gasteiger partial charge on any atom is -0.462 e. The zero-order valence-corrected chi connectivity index (χ0v) is 36.8. The van der Waals surface area contributed by atoms with Gasteiger partial charge in [-0.1, -0.05) is 166 Å².